The summed E-state index contributed by atoms with van der Waals surface area (Å²) in [5.41, 5.74) is 3.89. The number of aliphatic hydroxyl groups is 1. The van der Waals surface area contributed by atoms with Crippen LogP contribution < -0.4 is 0 Å². The van der Waals surface area contributed by atoms with E-state index in [1.54, 1.807) is 24.3 Å². The molecule has 0 saturated carbocycles. The maximum absolute atomic E-state index is 11.4. The van der Waals surface area contributed by atoms with Crippen molar-refractivity contribution in [2.45, 2.75) is 18.4 Å². The zero-order valence-corrected chi connectivity index (χ0v) is 11.7. The Balaban J connectivity index is 2.40. The van der Waals surface area contributed by atoms with E-state index in [-0.39, 0.29) is 6.61 Å². The third-order valence-corrected chi connectivity index (χ3v) is 4.26. The quantitative estimate of drug-likeness (QED) is 0.937. The van der Waals surface area contributed by atoms with Gasteiger partial charge in [0, 0.05) is 6.26 Å². The van der Waals surface area contributed by atoms with Crippen LogP contribution in [0.2, 0.25) is 0 Å². The van der Waals surface area contributed by atoms with Crippen molar-refractivity contribution in [3.8, 4) is 11.1 Å². The van der Waals surface area contributed by atoms with E-state index >= 15 is 0 Å². The molecule has 0 aliphatic rings. The third-order valence-electron chi connectivity index (χ3n) is 3.13. The molecule has 0 unspecified atom stereocenters. The van der Waals surface area contributed by atoms with Gasteiger partial charge in [0.15, 0.2) is 9.84 Å². The van der Waals surface area contributed by atoms with E-state index in [0.29, 0.717) is 4.90 Å². The largest absolute Gasteiger partial charge is 0.392 e. The zero-order chi connectivity index (χ0) is 14.0. The molecule has 0 atom stereocenters. The van der Waals surface area contributed by atoms with Gasteiger partial charge in [0.2, 0.25) is 0 Å². The Hall–Kier alpha value is -1.65. The molecule has 0 heterocycles. The average molecular weight is 276 g/mol. The van der Waals surface area contributed by atoms with Crippen LogP contribution >= 0.6 is 0 Å². The highest BCUT2D eigenvalue weighted by Crippen LogP contribution is 2.23. The Labute approximate surface area is 113 Å². The van der Waals surface area contributed by atoms with E-state index in [4.69, 9.17) is 5.11 Å². The Kier molecular flexibility index (Phi) is 3.73. The molecule has 0 spiro atoms. The van der Waals surface area contributed by atoms with Crippen LogP contribution in [0, 0.1) is 6.92 Å². The summed E-state index contributed by atoms with van der Waals surface area (Å²) in [6.07, 6.45) is 1.20. The standard InChI is InChI=1S/C15H16O3S/c1-11-9-13(3-4-14(11)10-16)12-5-7-15(8-6-12)19(2,17)18/h3-9,16H,10H2,1-2H3. The van der Waals surface area contributed by atoms with Crippen molar-refractivity contribution in [3.05, 3.63) is 53.6 Å². The highest BCUT2D eigenvalue weighted by Gasteiger charge is 2.07. The summed E-state index contributed by atoms with van der Waals surface area (Å²) in [5, 5.41) is 9.14. The van der Waals surface area contributed by atoms with Crippen LogP contribution in [0.25, 0.3) is 11.1 Å². The molecule has 0 aliphatic carbocycles. The molecule has 0 fully saturated rings. The number of aliphatic hydroxyl groups excluding tert-OH is 1. The second-order valence-corrected chi connectivity index (χ2v) is 6.61. The van der Waals surface area contributed by atoms with Gasteiger partial charge in [-0.15, -0.1) is 0 Å². The highest BCUT2D eigenvalue weighted by molar-refractivity contribution is 7.90. The van der Waals surface area contributed by atoms with Crippen molar-refractivity contribution in [1.82, 2.24) is 0 Å². The lowest BCUT2D eigenvalue weighted by molar-refractivity contribution is 0.281. The second kappa shape index (κ2) is 5.15. The number of rotatable bonds is 3. The maximum Gasteiger partial charge on any atom is 0.175 e. The molecule has 2 aromatic rings. The minimum atomic E-state index is -3.15. The summed E-state index contributed by atoms with van der Waals surface area (Å²) in [4.78, 5) is 0.319. The van der Waals surface area contributed by atoms with Crippen molar-refractivity contribution in [3.63, 3.8) is 0 Å². The molecule has 100 valence electrons. The fourth-order valence-electron chi connectivity index (χ4n) is 1.95. The van der Waals surface area contributed by atoms with Gasteiger partial charge < -0.3 is 5.11 Å². The van der Waals surface area contributed by atoms with Crippen molar-refractivity contribution in [2.24, 2.45) is 0 Å². The molecule has 2 aromatic carbocycles. The van der Waals surface area contributed by atoms with Crippen LogP contribution in [-0.2, 0) is 16.4 Å². The van der Waals surface area contributed by atoms with Gasteiger partial charge in [0.25, 0.3) is 0 Å². The minimum absolute atomic E-state index is 0.0269. The van der Waals surface area contributed by atoms with Crippen LogP contribution in [-0.4, -0.2) is 19.8 Å². The highest BCUT2D eigenvalue weighted by atomic mass is 32.2. The van der Waals surface area contributed by atoms with Crippen LogP contribution in [0.15, 0.2) is 47.4 Å². The molecular weight excluding hydrogens is 260 g/mol. The van der Waals surface area contributed by atoms with Crippen LogP contribution in [0.1, 0.15) is 11.1 Å². The second-order valence-electron chi connectivity index (χ2n) is 4.60. The first kappa shape index (κ1) is 13.8. The summed E-state index contributed by atoms with van der Waals surface area (Å²) >= 11 is 0. The lowest BCUT2D eigenvalue weighted by Gasteiger charge is -2.07. The summed E-state index contributed by atoms with van der Waals surface area (Å²) in [6.45, 7) is 1.97. The summed E-state index contributed by atoms with van der Waals surface area (Å²) < 4.78 is 22.8. The van der Waals surface area contributed by atoms with Crippen LogP contribution in [0.4, 0.5) is 0 Å². The van der Waals surface area contributed by atoms with Crippen molar-refractivity contribution in [2.75, 3.05) is 6.26 Å². The van der Waals surface area contributed by atoms with Gasteiger partial charge in [-0.3, -0.25) is 0 Å². The van der Waals surface area contributed by atoms with E-state index in [0.717, 1.165) is 22.3 Å². The van der Waals surface area contributed by atoms with E-state index in [1.165, 1.54) is 6.26 Å². The number of benzene rings is 2. The van der Waals surface area contributed by atoms with E-state index in [9.17, 15) is 8.42 Å². The predicted molar refractivity (Wildman–Crippen MR) is 75.6 cm³/mol. The molecule has 4 heteroatoms. The SMILES string of the molecule is Cc1cc(-c2ccc(S(C)(=O)=O)cc2)ccc1CO. The Bertz CT molecular complexity index is 686. The van der Waals surface area contributed by atoms with Crippen molar-refractivity contribution >= 4 is 9.84 Å². The van der Waals surface area contributed by atoms with Gasteiger partial charge in [-0.25, -0.2) is 8.42 Å². The van der Waals surface area contributed by atoms with E-state index < -0.39 is 9.84 Å². The lowest BCUT2D eigenvalue weighted by Crippen LogP contribution is -1.96. The third kappa shape index (κ3) is 3.03. The Morgan fingerprint density at radius 3 is 2.05 bits per heavy atom. The normalized spacial score (nSPS) is 11.5. The molecule has 0 saturated heterocycles. The fourth-order valence-corrected chi connectivity index (χ4v) is 2.58. The molecule has 0 bridgehead atoms. The molecular formula is C15H16O3S. The Morgan fingerprint density at radius 1 is 1.00 bits per heavy atom. The molecule has 19 heavy (non-hydrogen) atoms. The van der Waals surface area contributed by atoms with Crippen molar-refractivity contribution in [1.29, 1.82) is 0 Å². The maximum atomic E-state index is 11.4. The molecule has 0 radical (unpaired) electrons. The van der Waals surface area contributed by atoms with Gasteiger partial charge in [0.1, 0.15) is 0 Å². The summed E-state index contributed by atoms with van der Waals surface area (Å²) in [6, 6.07) is 12.6. The predicted octanol–water partition coefficient (Wildman–Crippen LogP) is 2.56. The molecule has 0 amide bonds. The van der Waals surface area contributed by atoms with Gasteiger partial charge in [-0.2, -0.15) is 0 Å². The van der Waals surface area contributed by atoms with E-state index in [1.807, 2.05) is 25.1 Å². The minimum Gasteiger partial charge on any atom is -0.392 e. The van der Waals surface area contributed by atoms with Crippen LogP contribution in [0.3, 0.4) is 0 Å². The number of aryl methyl sites for hydroxylation is 1. The van der Waals surface area contributed by atoms with Gasteiger partial charge in [-0.05, 0) is 41.3 Å². The first-order chi connectivity index (χ1) is 8.91. The number of hydrogen-bond acceptors (Lipinski definition) is 3. The van der Waals surface area contributed by atoms with Gasteiger partial charge in [0.05, 0.1) is 11.5 Å². The first-order valence-corrected chi connectivity index (χ1v) is 7.82. The van der Waals surface area contributed by atoms with Crippen LogP contribution in [0.5, 0.6) is 0 Å². The van der Waals surface area contributed by atoms with Gasteiger partial charge >= 0.3 is 0 Å². The number of hydrogen-bond donors (Lipinski definition) is 1. The molecule has 0 aromatic heterocycles. The molecule has 3 nitrogen and oxygen atoms in total. The van der Waals surface area contributed by atoms with Crippen molar-refractivity contribution < 1.29 is 13.5 Å². The zero-order valence-electron chi connectivity index (χ0n) is 10.9. The average Bonchev–Trinajstić information content (AvgIpc) is 2.38. The fraction of sp³-hybridized carbons (Fsp3) is 0.200. The van der Waals surface area contributed by atoms with E-state index in [2.05, 4.69) is 0 Å². The molecule has 1 N–H and O–H groups in total. The summed E-state index contributed by atoms with van der Waals surface area (Å²) in [7, 11) is -3.15. The van der Waals surface area contributed by atoms with Gasteiger partial charge in [-0.1, -0.05) is 30.3 Å². The first-order valence-electron chi connectivity index (χ1n) is 5.92. The Morgan fingerprint density at radius 2 is 1.58 bits per heavy atom. The molecule has 2 rings (SSSR count). The number of sulfone groups is 1. The summed E-state index contributed by atoms with van der Waals surface area (Å²) in [5.74, 6) is 0. The lowest BCUT2D eigenvalue weighted by atomic mass is 10.0. The topological polar surface area (TPSA) is 54.4 Å². The monoisotopic (exact) mass is 276 g/mol. The molecule has 0 aliphatic heterocycles. The smallest absolute Gasteiger partial charge is 0.175 e.